The molecule has 0 aliphatic rings. The number of anilines is 1. The van der Waals surface area contributed by atoms with E-state index < -0.39 is 0 Å². The van der Waals surface area contributed by atoms with Crippen LogP contribution in [0.3, 0.4) is 0 Å². The highest BCUT2D eigenvalue weighted by molar-refractivity contribution is 9.10. The predicted octanol–water partition coefficient (Wildman–Crippen LogP) is 3.30. The Kier molecular flexibility index (Phi) is 4.88. The summed E-state index contributed by atoms with van der Waals surface area (Å²) in [5, 5.41) is 0. The van der Waals surface area contributed by atoms with Gasteiger partial charge in [0.05, 0.1) is 23.0 Å². The van der Waals surface area contributed by atoms with Crippen molar-refractivity contribution in [3.05, 3.63) is 16.2 Å². The first-order valence-corrected chi connectivity index (χ1v) is 5.99. The molecule has 1 rings (SSSR count). The molecule has 0 bridgehead atoms. The molecule has 0 saturated heterocycles. The number of ether oxygens (including phenoxy) is 1. The van der Waals surface area contributed by atoms with Crippen molar-refractivity contribution in [3.8, 4) is 5.88 Å². The van der Waals surface area contributed by atoms with Gasteiger partial charge >= 0.3 is 0 Å². The third kappa shape index (κ3) is 3.38. The molecule has 0 atom stereocenters. The van der Waals surface area contributed by atoms with Crippen LogP contribution < -0.4 is 10.5 Å². The number of rotatable bonds is 5. The van der Waals surface area contributed by atoms with Crippen LogP contribution in [0.25, 0.3) is 0 Å². The van der Waals surface area contributed by atoms with Crippen molar-refractivity contribution in [1.82, 2.24) is 4.98 Å². The van der Waals surface area contributed by atoms with Crippen LogP contribution in [0, 0.1) is 6.92 Å². The lowest BCUT2D eigenvalue weighted by atomic mass is 10.2. The smallest absolute Gasteiger partial charge is 0.228 e. The number of nitrogens with two attached hydrogens (primary N) is 1. The summed E-state index contributed by atoms with van der Waals surface area (Å²) in [7, 11) is 0. The van der Waals surface area contributed by atoms with Crippen molar-refractivity contribution in [1.29, 1.82) is 0 Å². The van der Waals surface area contributed by atoms with Crippen LogP contribution in [-0.4, -0.2) is 11.6 Å². The van der Waals surface area contributed by atoms with Gasteiger partial charge in [0.25, 0.3) is 0 Å². The topological polar surface area (TPSA) is 48.1 Å². The Hall–Kier alpha value is -0.770. The van der Waals surface area contributed by atoms with E-state index in [0.717, 1.165) is 16.5 Å². The molecule has 0 amide bonds. The van der Waals surface area contributed by atoms with Crippen molar-refractivity contribution in [3.63, 3.8) is 0 Å². The maximum Gasteiger partial charge on any atom is 0.228 e. The molecule has 0 aliphatic heterocycles. The van der Waals surface area contributed by atoms with Crippen LogP contribution >= 0.6 is 15.9 Å². The summed E-state index contributed by atoms with van der Waals surface area (Å²) in [4.78, 5) is 4.14. The Morgan fingerprint density at radius 2 is 2.20 bits per heavy atom. The average Bonchev–Trinajstić information content (AvgIpc) is 2.24. The third-order valence-corrected chi connectivity index (χ3v) is 3.19. The molecule has 0 aromatic carbocycles. The zero-order chi connectivity index (χ0) is 11.3. The van der Waals surface area contributed by atoms with Crippen molar-refractivity contribution in [2.45, 2.75) is 33.1 Å². The number of unbranched alkanes of at least 4 members (excludes halogenated alkanes) is 2. The molecule has 1 heterocycles. The summed E-state index contributed by atoms with van der Waals surface area (Å²) in [5.41, 5.74) is 7.38. The van der Waals surface area contributed by atoms with E-state index in [0.29, 0.717) is 18.2 Å². The Bertz CT molecular complexity index is 329. The summed E-state index contributed by atoms with van der Waals surface area (Å²) < 4.78 is 6.42. The van der Waals surface area contributed by atoms with Gasteiger partial charge in [-0.05, 0) is 34.8 Å². The largest absolute Gasteiger partial charge is 0.477 e. The van der Waals surface area contributed by atoms with Crippen molar-refractivity contribution >= 4 is 21.6 Å². The Morgan fingerprint density at radius 3 is 2.87 bits per heavy atom. The van der Waals surface area contributed by atoms with E-state index in [4.69, 9.17) is 10.5 Å². The molecule has 84 valence electrons. The van der Waals surface area contributed by atoms with E-state index in [9.17, 15) is 0 Å². The van der Waals surface area contributed by atoms with E-state index in [1.807, 2.05) is 6.92 Å². The molecule has 2 N–H and O–H groups in total. The van der Waals surface area contributed by atoms with Crippen molar-refractivity contribution in [2.75, 3.05) is 12.3 Å². The van der Waals surface area contributed by atoms with Gasteiger partial charge in [-0.2, -0.15) is 0 Å². The Balaban J connectivity index is 2.58. The molecule has 0 saturated carbocycles. The van der Waals surface area contributed by atoms with E-state index in [2.05, 4.69) is 27.8 Å². The van der Waals surface area contributed by atoms with E-state index in [1.165, 1.54) is 12.8 Å². The molecular formula is C11H17BrN2O. The van der Waals surface area contributed by atoms with E-state index >= 15 is 0 Å². The standard InChI is InChI=1S/C11H17BrN2O/c1-3-4-5-6-15-11-10(12)8(2)9(13)7-14-11/h7H,3-6,13H2,1-2H3. The number of nitrogen functional groups attached to an aromatic ring is 1. The van der Waals surface area contributed by atoms with E-state index in [-0.39, 0.29) is 0 Å². The van der Waals surface area contributed by atoms with Crippen molar-refractivity contribution < 1.29 is 4.74 Å². The molecule has 0 fully saturated rings. The molecule has 1 aromatic heterocycles. The number of halogens is 1. The lowest BCUT2D eigenvalue weighted by Gasteiger charge is -2.09. The average molecular weight is 273 g/mol. The van der Waals surface area contributed by atoms with Gasteiger partial charge in [-0.15, -0.1) is 0 Å². The zero-order valence-electron chi connectivity index (χ0n) is 9.22. The SMILES string of the molecule is CCCCCOc1ncc(N)c(C)c1Br. The molecule has 1 aromatic rings. The highest BCUT2D eigenvalue weighted by Crippen LogP contribution is 2.29. The minimum absolute atomic E-state index is 0.637. The van der Waals surface area contributed by atoms with Gasteiger partial charge in [-0.25, -0.2) is 4.98 Å². The zero-order valence-corrected chi connectivity index (χ0v) is 10.8. The lowest BCUT2D eigenvalue weighted by molar-refractivity contribution is 0.293. The summed E-state index contributed by atoms with van der Waals surface area (Å²) in [5.74, 6) is 0.637. The number of pyridine rings is 1. The van der Waals surface area contributed by atoms with Gasteiger partial charge in [-0.3, -0.25) is 0 Å². The summed E-state index contributed by atoms with van der Waals surface area (Å²) >= 11 is 3.43. The minimum atomic E-state index is 0.637. The fraction of sp³-hybridized carbons (Fsp3) is 0.545. The molecule has 3 nitrogen and oxygen atoms in total. The normalized spacial score (nSPS) is 10.3. The third-order valence-electron chi connectivity index (χ3n) is 2.26. The molecule has 0 aliphatic carbocycles. The predicted molar refractivity (Wildman–Crippen MR) is 66.1 cm³/mol. The summed E-state index contributed by atoms with van der Waals surface area (Å²) in [6.07, 6.45) is 5.08. The monoisotopic (exact) mass is 272 g/mol. The minimum Gasteiger partial charge on any atom is -0.477 e. The van der Waals surface area contributed by atoms with Crippen LogP contribution in [-0.2, 0) is 0 Å². The van der Waals surface area contributed by atoms with Crippen LogP contribution in [0.4, 0.5) is 5.69 Å². The van der Waals surface area contributed by atoms with Gasteiger partial charge < -0.3 is 10.5 Å². The first kappa shape index (κ1) is 12.3. The molecule has 0 radical (unpaired) electrons. The van der Waals surface area contributed by atoms with Gasteiger partial charge in [0.2, 0.25) is 5.88 Å². The highest BCUT2D eigenvalue weighted by Gasteiger charge is 2.07. The number of nitrogens with zero attached hydrogens (tertiary/aromatic N) is 1. The number of hydrogen-bond acceptors (Lipinski definition) is 3. The number of hydrogen-bond donors (Lipinski definition) is 1. The van der Waals surface area contributed by atoms with Gasteiger partial charge in [0.1, 0.15) is 0 Å². The van der Waals surface area contributed by atoms with Crippen molar-refractivity contribution in [2.24, 2.45) is 0 Å². The lowest BCUT2D eigenvalue weighted by Crippen LogP contribution is -2.02. The molecular weight excluding hydrogens is 256 g/mol. The Labute approximate surface area is 99.2 Å². The number of aromatic nitrogens is 1. The van der Waals surface area contributed by atoms with Gasteiger partial charge in [-0.1, -0.05) is 19.8 Å². The fourth-order valence-corrected chi connectivity index (χ4v) is 1.64. The maximum absolute atomic E-state index is 5.72. The van der Waals surface area contributed by atoms with Crippen LogP contribution in [0.5, 0.6) is 5.88 Å². The Morgan fingerprint density at radius 1 is 1.47 bits per heavy atom. The van der Waals surface area contributed by atoms with Gasteiger partial charge in [0, 0.05) is 0 Å². The quantitative estimate of drug-likeness (QED) is 0.837. The summed E-state index contributed by atoms with van der Waals surface area (Å²) in [6, 6.07) is 0. The second-order valence-electron chi connectivity index (χ2n) is 3.51. The fourth-order valence-electron chi connectivity index (χ4n) is 1.19. The van der Waals surface area contributed by atoms with Crippen LogP contribution in [0.1, 0.15) is 31.7 Å². The summed E-state index contributed by atoms with van der Waals surface area (Å²) in [6.45, 7) is 4.82. The van der Waals surface area contributed by atoms with E-state index in [1.54, 1.807) is 6.20 Å². The van der Waals surface area contributed by atoms with Crippen LogP contribution in [0.2, 0.25) is 0 Å². The first-order valence-electron chi connectivity index (χ1n) is 5.20. The van der Waals surface area contributed by atoms with Crippen LogP contribution in [0.15, 0.2) is 10.7 Å². The molecule has 15 heavy (non-hydrogen) atoms. The first-order chi connectivity index (χ1) is 7.16. The molecule has 4 heteroatoms. The highest BCUT2D eigenvalue weighted by atomic mass is 79.9. The second-order valence-corrected chi connectivity index (χ2v) is 4.31. The van der Waals surface area contributed by atoms with Gasteiger partial charge in [0.15, 0.2) is 0 Å². The maximum atomic E-state index is 5.72. The molecule has 0 spiro atoms. The second kappa shape index (κ2) is 5.95. The molecule has 0 unspecified atom stereocenters.